The molecule has 0 saturated carbocycles. The zero-order chi connectivity index (χ0) is 37.4. The zero-order valence-electron chi connectivity index (χ0n) is 30.7. The van der Waals surface area contributed by atoms with E-state index in [4.69, 9.17) is 19.4 Å². The summed E-state index contributed by atoms with van der Waals surface area (Å²) in [6.07, 6.45) is 0. The minimum atomic E-state index is 0.581. The standard InChI is InChI=1S/C52H35N3O/c1-34-14-11-21-38(30-34)40-23-13-25-42(32-40)51-53-50(37-19-9-4-10-20-37)54-52(55-51)43-26-27-45-47(33-43)56-46-29-28-44(36-17-7-3-8-18-36)48(49(45)46)41-24-12-22-39(31-41)35-15-5-2-6-16-35/h2-33H,1H3. The van der Waals surface area contributed by atoms with Gasteiger partial charge in [-0.25, -0.2) is 15.0 Å². The number of aryl methyl sites for hydroxylation is 1. The van der Waals surface area contributed by atoms with Crippen molar-refractivity contribution in [2.45, 2.75) is 6.92 Å². The Labute approximate surface area is 325 Å². The van der Waals surface area contributed by atoms with E-state index < -0.39 is 0 Å². The Morgan fingerprint density at radius 3 is 1.52 bits per heavy atom. The molecule has 0 radical (unpaired) electrons. The predicted octanol–water partition coefficient (Wildman–Crippen LogP) is 13.7. The molecule has 2 heterocycles. The van der Waals surface area contributed by atoms with Crippen molar-refractivity contribution >= 4 is 21.9 Å². The van der Waals surface area contributed by atoms with E-state index in [9.17, 15) is 0 Å². The van der Waals surface area contributed by atoms with E-state index in [2.05, 4.69) is 171 Å². The molecule has 8 aromatic carbocycles. The van der Waals surface area contributed by atoms with Crippen LogP contribution in [0.15, 0.2) is 199 Å². The van der Waals surface area contributed by atoms with Gasteiger partial charge in [0.05, 0.1) is 0 Å². The maximum atomic E-state index is 6.72. The molecule has 10 aromatic rings. The summed E-state index contributed by atoms with van der Waals surface area (Å²) < 4.78 is 6.72. The summed E-state index contributed by atoms with van der Waals surface area (Å²) >= 11 is 0. The average Bonchev–Trinajstić information content (AvgIpc) is 3.65. The summed E-state index contributed by atoms with van der Waals surface area (Å²) in [7, 11) is 0. The number of benzene rings is 8. The Hall–Kier alpha value is -7.43. The van der Waals surface area contributed by atoms with Gasteiger partial charge in [0.15, 0.2) is 17.5 Å². The fourth-order valence-electron chi connectivity index (χ4n) is 7.66. The first-order valence-electron chi connectivity index (χ1n) is 18.8. The lowest BCUT2D eigenvalue weighted by atomic mass is 9.89. The summed E-state index contributed by atoms with van der Waals surface area (Å²) in [6.45, 7) is 2.11. The highest BCUT2D eigenvalue weighted by molar-refractivity contribution is 6.16. The molecular weight excluding hydrogens is 683 g/mol. The number of furan rings is 1. The van der Waals surface area contributed by atoms with Gasteiger partial charge in [-0.2, -0.15) is 0 Å². The fraction of sp³-hybridized carbons (Fsp3) is 0.0192. The maximum Gasteiger partial charge on any atom is 0.164 e. The second kappa shape index (κ2) is 14.1. The number of rotatable bonds is 7. The van der Waals surface area contributed by atoms with Gasteiger partial charge in [-0.3, -0.25) is 0 Å². The third-order valence-corrected chi connectivity index (χ3v) is 10.4. The Balaban J connectivity index is 1.14. The van der Waals surface area contributed by atoms with Crippen LogP contribution in [0.1, 0.15) is 5.56 Å². The highest BCUT2D eigenvalue weighted by atomic mass is 16.3. The van der Waals surface area contributed by atoms with Crippen LogP contribution in [-0.4, -0.2) is 15.0 Å². The molecule has 0 unspecified atom stereocenters. The van der Waals surface area contributed by atoms with Crippen molar-refractivity contribution in [2.75, 3.05) is 0 Å². The molecule has 0 spiro atoms. The topological polar surface area (TPSA) is 51.8 Å². The van der Waals surface area contributed by atoms with Crippen molar-refractivity contribution in [3.63, 3.8) is 0 Å². The highest BCUT2D eigenvalue weighted by Gasteiger charge is 2.20. The number of hydrogen-bond donors (Lipinski definition) is 0. The zero-order valence-corrected chi connectivity index (χ0v) is 30.7. The molecule has 0 N–H and O–H groups in total. The molecule has 0 bridgehead atoms. The maximum absolute atomic E-state index is 6.72. The fourth-order valence-corrected chi connectivity index (χ4v) is 7.66. The van der Waals surface area contributed by atoms with Gasteiger partial charge < -0.3 is 4.42 Å². The van der Waals surface area contributed by atoms with Crippen molar-refractivity contribution in [1.29, 1.82) is 0 Å². The van der Waals surface area contributed by atoms with Crippen molar-refractivity contribution < 1.29 is 4.42 Å². The lowest BCUT2D eigenvalue weighted by Gasteiger charge is -2.14. The Bertz CT molecular complexity index is 3030. The van der Waals surface area contributed by atoms with Gasteiger partial charge in [0.2, 0.25) is 0 Å². The summed E-state index contributed by atoms with van der Waals surface area (Å²) in [5.41, 5.74) is 14.7. The molecule has 0 amide bonds. The molecule has 0 atom stereocenters. The van der Waals surface area contributed by atoms with Crippen molar-refractivity contribution in [1.82, 2.24) is 15.0 Å². The van der Waals surface area contributed by atoms with Gasteiger partial charge in [0.1, 0.15) is 11.2 Å². The van der Waals surface area contributed by atoms with Crippen LogP contribution in [0.3, 0.4) is 0 Å². The third kappa shape index (κ3) is 6.23. The van der Waals surface area contributed by atoms with Crippen LogP contribution >= 0.6 is 0 Å². The molecule has 264 valence electrons. The van der Waals surface area contributed by atoms with E-state index >= 15 is 0 Å². The van der Waals surface area contributed by atoms with Gasteiger partial charge >= 0.3 is 0 Å². The van der Waals surface area contributed by atoms with E-state index in [1.54, 1.807) is 0 Å². The van der Waals surface area contributed by atoms with Gasteiger partial charge in [-0.1, -0.05) is 169 Å². The second-order valence-corrected chi connectivity index (χ2v) is 14.1. The van der Waals surface area contributed by atoms with Crippen LogP contribution in [0, 0.1) is 6.92 Å². The Kier molecular flexibility index (Phi) is 8.34. The third-order valence-electron chi connectivity index (χ3n) is 10.4. The predicted molar refractivity (Wildman–Crippen MR) is 230 cm³/mol. The normalized spacial score (nSPS) is 11.3. The first-order chi connectivity index (χ1) is 27.6. The summed E-state index contributed by atoms with van der Waals surface area (Å²) in [6, 6.07) is 67.6. The minimum absolute atomic E-state index is 0.581. The summed E-state index contributed by atoms with van der Waals surface area (Å²) in [5.74, 6) is 1.81. The van der Waals surface area contributed by atoms with Crippen molar-refractivity contribution in [3.8, 4) is 78.7 Å². The van der Waals surface area contributed by atoms with Gasteiger partial charge in [0.25, 0.3) is 0 Å². The number of nitrogens with zero attached hydrogens (tertiary/aromatic N) is 3. The Morgan fingerprint density at radius 1 is 0.339 bits per heavy atom. The van der Waals surface area contributed by atoms with Crippen molar-refractivity contribution in [2.24, 2.45) is 0 Å². The first-order valence-corrected chi connectivity index (χ1v) is 18.8. The summed E-state index contributed by atoms with van der Waals surface area (Å²) in [5, 5.41) is 2.11. The van der Waals surface area contributed by atoms with Crippen LogP contribution in [0.4, 0.5) is 0 Å². The van der Waals surface area contributed by atoms with Gasteiger partial charge in [-0.05, 0) is 76.2 Å². The monoisotopic (exact) mass is 717 g/mol. The smallest absolute Gasteiger partial charge is 0.164 e. The van der Waals surface area contributed by atoms with E-state index in [1.807, 2.05) is 30.3 Å². The lowest BCUT2D eigenvalue weighted by molar-refractivity contribution is 0.669. The average molecular weight is 718 g/mol. The molecular formula is C52H35N3O. The number of hydrogen-bond acceptors (Lipinski definition) is 4. The largest absolute Gasteiger partial charge is 0.456 e. The molecule has 4 nitrogen and oxygen atoms in total. The van der Waals surface area contributed by atoms with E-state index in [0.29, 0.717) is 17.5 Å². The quantitative estimate of drug-likeness (QED) is 0.165. The molecule has 0 aliphatic carbocycles. The molecule has 4 heteroatoms. The van der Waals surface area contributed by atoms with Crippen molar-refractivity contribution in [3.05, 3.63) is 200 Å². The van der Waals surface area contributed by atoms with Crippen LogP contribution in [-0.2, 0) is 0 Å². The SMILES string of the molecule is Cc1cccc(-c2cccc(-c3nc(-c4ccccc4)nc(-c4ccc5c(c4)oc4ccc(-c6ccccc6)c(-c6cccc(-c7ccccc7)c6)c45)n3)c2)c1. The molecule has 56 heavy (non-hydrogen) atoms. The number of aromatic nitrogens is 3. The second-order valence-electron chi connectivity index (χ2n) is 14.1. The van der Waals surface area contributed by atoms with Crippen LogP contribution in [0.25, 0.3) is 101 Å². The van der Waals surface area contributed by atoms with E-state index in [-0.39, 0.29) is 0 Å². The molecule has 0 saturated heterocycles. The molecule has 0 aliphatic rings. The van der Waals surface area contributed by atoms with E-state index in [1.165, 1.54) is 16.7 Å². The van der Waals surface area contributed by atoms with E-state index in [0.717, 1.165) is 72.0 Å². The number of fused-ring (bicyclic) bond motifs is 3. The van der Waals surface area contributed by atoms with Crippen LogP contribution < -0.4 is 0 Å². The first kappa shape index (κ1) is 33.2. The minimum Gasteiger partial charge on any atom is -0.456 e. The molecule has 10 rings (SSSR count). The lowest BCUT2D eigenvalue weighted by Crippen LogP contribution is -2.00. The van der Waals surface area contributed by atoms with Gasteiger partial charge in [0, 0.05) is 33.0 Å². The van der Waals surface area contributed by atoms with Crippen LogP contribution in [0.2, 0.25) is 0 Å². The molecule has 0 aliphatic heterocycles. The molecule has 2 aromatic heterocycles. The summed E-state index contributed by atoms with van der Waals surface area (Å²) in [4.78, 5) is 15.2. The molecule has 0 fully saturated rings. The van der Waals surface area contributed by atoms with Gasteiger partial charge in [-0.15, -0.1) is 0 Å². The Morgan fingerprint density at radius 2 is 0.839 bits per heavy atom. The highest BCUT2D eigenvalue weighted by Crippen LogP contribution is 2.44. The van der Waals surface area contributed by atoms with Crippen LogP contribution in [0.5, 0.6) is 0 Å².